The summed E-state index contributed by atoms with van der Waals surface area (Å²) in [5.41, 5.74) is 7.61. The van der Waals surface area contributed by atoms with E-state index in [1.807, 2.05) is 44.2 Å². The molecule has 2 N–H and O–H groups in total. The van der Waals surface area contributed by atoms with E-state index in [9.17, 15) is 9.59 Å². The summed E-state index contributed by atoms with van der Waals surface area (Å²) < 4.78 is 10.6. The third-order valence-corrected chi connectivity index (χ3v) is 4.01. The minimum absolute atomic E-state index is 0.108. The Hall–Kier alpha value is -2.82. The van der Waals surface area contributed by atoms with Gasteiger partial charge in [0.15, 0.2) is 5.41 Å². The van der Waals surface area contributed by atoms with Gasteiger partial charge in [0.05, 0.1) is 0 Å². The first kappa shape index (κ1) is 18.5. The fourth-order valence-electron chi connectivity index (χ4n) is 2.22. The predicted molar refractivity (Wildman–Crippen MR) is 96.0 cm³/mol. The van der Waals surface area contributed by atoms with Crippen LogP contribution in [0.1, 0.15) is 30.5 Å². The van der Waals surface area contributed by atoms with Crippen molar-refractivity contribution >= 4 is 17.6 Å². The van der Waals surface area contributed by atoms with Crippen LogP contribution in [0.25, 0.3) is 0 Å². The maximum Gasteiger partial charge on any atom is 0.328 e. The minimum Gasteiger partial charge on any atom is -0.460 e. The zero-order chi connectivity index (χ0) is 18.6. The van der Waals surface area contributed by atoms with Crippen LogP contribution in [0, 0.1) is 19.3 Å². The van der Waals surface area contributed by atoms with Gasteiger partial charge in [0.25, 0.3) is 0 Å². The van der Waals surface area contributed by atoms with Gasteiger partial charge in [-0.2, -0.15) is 0 Å². The largest absolute Gasteiger partial charge is 0.460 e. The van der Waals surface area contributed by atoms with Gasteiger partial charge < -0.3 is 15.2 Å². The van der Waals surface area contributed by atoms with Gasteiger partial charge in [-0.05, 0) is 56.5 Å². The van der Waals surface area contributed by atoms with Crippen LogP contribution in [0.3, 0.4) is 0 Å². The molecule has 0 bridgehead atoms. The molecule has 0 atom stereocenters. The van der Waals surface area contributed by atoms with Gasteiger partial charge in [0.1, 0.15) is 12.4 Å². The van der Waals surface area contributed by atoms with Gasteiger partial charge in [0.2, 0.25) is 0 Å². The molecule has 2 aromatic rings. The second-order valence-electron chi connectivity index (χ2n) is 6.55. The summed E-state index contributed by atoms with van der Waals surface area (Å²) in [6, 6.07) is 12.6. The van der Waals surface area contributed by atoms with Crippen LogP contribution in [0.4, 0.5) is 5.69 Å². The summed E-state index contributed by atoms with van der Waals surface area (Å²) in [5, 5.41) is 0. The molecule has 0 fully saturated rings. The average Bonchev–Trinajstić information content (AvgIpc) is 2.58. The molecule has 5 nitrogen and oxygen atoms in total. The SMILES string of the molecule is Cc1cc(OC(=O)C(C)(C)C(=O)OCc2ccccc2)cc(C)c1N. The number of esters is 2. The van der Waals surface area contributed by atoms with E-state index in [4.69, 9.17) is 15.2 Å². The molecule has 0 unspecified atom stereocenters. The monoisotopic (exact) mass is 341 g/mol. The third kappa shape index (κ3) is 4.38. The quantitative estimate of drug-likeness (QED) is 0.389. The number of nitrogen functional groups attached to an aromatic ring is 1. The van der Waals surface area contributed by atoms with E-state index >= 15 is 0 Å². The minimum atomic E-state index is -1.42. The standard InChI is InChI=1S/C20H23NO4/c1-13-10-16(11-14(2)17(13)21)25-19(23)20(3,4)18(22)24-12-15-8-6-5-7-9-15/h5-11H,12,21H2,1-4H3. The first-order chi connectivity index (χ1) is 11.7. The van der Waals surface area contributed by atoms with Gasteiger partial charge in [-0.25, -0.2) is 0 Å². The highest BCUT2D eigenvalue weighted by Crippen LogP contribution is 2.27. The molecule has 0 radical (unpaired) electrons. The highest BCUT2D eigenvalue weighted by Gasteiger charge is 2.40. The Labute approximate surface area is 147 Å². The predicted octanol–water partition coefficient (Wildman–Crippen LogP) is 3.56. The zero-order valence-corrected chi connectivity index (χ0v) is 15.0. The highest BCUT2D eigenvalue weighted by atomic mass is 16.6. The van der Waals surface area contributed by atoms with E-state index in [1.54, 1.807) is 12.1 Å². The van der Waals surface area contributed by atoms with Crippen molar-refractivity contribution in [3.8, 4) is 5.75 Å². The molecule has 0 aromatic heterocycles. The van der Waals surface area contributed by atoms with Crippen molar-refractivity contribution in [2.24, 2.45) is 5.41 Å². The van der Waals surface area contributed by atoms with Gasteiger partial charge in [-0.15, -0.1) is 0 Å². The topological polar surface area (TPSA) is 78.6 Å². The number of benzene rings is 2. The molecule has 2 rings (SSSR count). The van der Waals surface area contributed by atoms with Crippen LogP contribution in [0.5, 0.6) is 5.75 Å². The lowest BCUT2D eigenvalue weighted by Crippen LogP contribution is -2.38. The fraction of sp³-hybridized carbons (Fsp3) is 0.300. The number of carbonyl (C=O) groups excluding carboxylic acids is 2. The molecule has 0 saturated heterocycles. The molecule has 0 amide bonds. The Morgan fingerprint density at radius 3 is 2.12 bits per heavy atom. The van der Waals surface area contributed by atoms with E-state index in [-0.39, 0.29) is 6.61 Å². The summed E-state index contributed by atoms with van der Waals surface area (Å²) in [6.45, 7) is 6.74. The zero-order valence-electron chi connectivity index (χ0n) is 15.0. The molecule has 0 saturated carbocycles. The number of ether oxygens (including phenoxy) is 2. The normalized spacial score (nSPS) is 11.0. The van der Waals surface area contributed by atoms with Crippen LogP contribution < -0.4 is 10.5 Å². The van der Waals surface area contributed by atoms with Crippen molar-refractivity contribution in [1.29, 1.82) is 0 Å². The molecule has 25 heavy (non-hydrogen) atoms. The molecular formula is C20H23NO4. The van der Waals surface area contributed by atoms with E-state index in [2.05, 4.69) is 0 Å². The summed E-state index contributed by atoms with van der Waals surface area (Å²) >= 11 is 0. The Kier molecular flexibility index (Phi) is 5.47. The molecule has 2 aromatic carbocycles. The van der Waals surface area contributed by atoms with Gasteiger partial charge >= 0.3 is 11.9 Å². The Bertz CT molecular complexity index is 759. The van der Waals surface area contributed by atoms with Crippen molar-refractivity contribution in [3.05, 3.63) is 59.2 Å². The summed E-state index contributed by atoms with van der Waals surface area (Å²) in [6.07, 6.45) is 0. The molecule has 0 aliphatic carbocycles. The number of anilines is 1. The van der Waals surface area contributed by atoms with Crippen LogP contribution >= 0.6 is 0 Å². The maximum absolute atomic E-state index is 12.4. The average molecular weight is 341 g/mol. The summed E-state index contributed by atoms with van der Waals surface area (Å²) in [7, 11) is 0. The number of aryl methyl sites for hydroxylation is 2. The number of carbonyl (C=O) groups is 2. The van der Waals surface area contributed by atoms with E-state index < -0.39 is 17.4 Å². The molecule has 0 spiro atoms. The van der Waals surface area contributed by atoms with Crippen molar-refractivity contribution in [2.45, 2.75) is 34.3 Å². The number of rotatable bonds is 5. The van der Waals surface area contributed by atoms with E-state index in [1.165, 1.54) is 13.8 Å². The maximum atomic E-state index is 12.4. The lowest BCUT2D eigenvalue weighted by atomic mass is 9.94. The van der Waals surface area contributed by atoms with Crippen molar-refractivity contribution < 1.29 is 19.1 Å². The molecule has 132 valence electrons. The van der Waals surface area contributed by atoms with Gasteiger partial charge in [0, 0.05) is 5.69 Å². The van der Waals surface area contributed by atoms with Crippen LogP contribution in [0.15, 0.2) is 42.5 Å². The fourth-order valence-corrected chi connectivity index (χ4v) is 2.22. The van der Waals surface area contributed by atoms with E-state index in [0.29, 0.717) is 11.4 Å². The Balaban J connectivity index is 2.04. The van der Waals surface area contributed by atoms with Gasteiger partial charge in [-0.3, -0.25) is 9.59 Å². The number of hydrogen-bond donors (Lipinski definition) is 1. The van der Waals surface area contributed by atoms with Gasteiger partial charge in [-0.1, -0.05) is 30.3 Å². The Morgan fingerprint density at radius 1 is 1.00 bits per heavy atom. The highest BCUT2D eigenvalue weighted by molar-refractivity contribution is 6.00. The lowest BCUT2D eigenvalue weighted by Gasteiger charge is -2.21. The van der Waals surface area contributed by atoms with Crippen molar-refractivity contribution in [2.75, 3.05) is 5.73 Å². The molecule has 5 heteroatoms. The second kappa shape index (κ2) is 7.38. The Morgan fingerprint density at radius 2 is 1.56 bits per heavy atom. The molecule has 0 heterocycles. The first-order valence-corrected chi connectivity index (χ1v) is 8.02. The first-order valence-electron chi connectivity index (χ1n) is 8.02. The summed E-state index contributed by atoms with van der Waals surface area (Å²) in [5.74, 6) is -0.947. The van der Waals surface area contributed by atoms with Crippen molar-refractivity contribution in [3.63, 3.8) is 0 Å². The summed E-state index contributed by atoms with van der Waals surface area (Å²) in [4.78, 5) is 24.8. The van der Waals surface area contributed by atoms with Crippen molar-refractivity contribution in [1.82, 2.24) is 0 Å². The van der Waals surface area contributed by atoms with E-state index in [0.717, 1.165) is 16.7 Å². The number of nitrogens with two attached hydrogens (primary N) is 1. The third-order valence-electron chi connectivity index (χ3n) is 4.01. The lowest BCUT2D eigenvalue weighted by molar-refractivity contribution is -0.165. The van der Waals surface area contributed by atoms with Crippen LogP contribution in [-0.4, -0.2) is 11.9 Å². The van der Waals surface area contributed by atoms with Crippen LogP contribution in [0.2, 0.25) is 0 Å². The second-order valence-corrected chi connectivity index (χ2v) is 6.55. The smallest absolute Gasteiger partial charge is 0.328 e. The molecule has 0 aliphatic rings. The molecule has 0 aliphatic heterocycles. The van der Waals surface area contributed by atoms with Crippen LogP contribution in [-0.2, 0) is 20.9 Å². The molecular weight excluding hydrogens is 318 g/mol. The number of hydrogen-bond acceptors (Lipinski definition) is 5.